The summed E-state index contributed by atoms with van der Waals surface area (Å²) in [4.78, 5) is 13.8. The fourth-order valence-electron chi connectivity index (χ4n) is 4.20. The summed E-state index contributed by atoms with van der Waals surface area (Å²) < 4.78 is 11.9. The van der Waals surface area contributed by atoms with E-state index in [1.54, 1.807) is 13.0 Å². The zero-order chi connectivity index (χ0) is 19.7. The third-order valence-corrected chi connectivity index (χ3v) is 5.44. The second-order valence-electron chi connectivity index (χ2n) is 7.52. The molecular weight excluding hydrogens is 358 g/mol. The molecule has 1 aliphatic heterocycles. The fourth-order valence-corrected chi connectivity index (χ4v) is 4.20. The molecule has 28 heavy (non-hydrogen) atoms. The van der Waals surface area contributed by atoms with Crippen LogP contribution in [0.3, 0.4) is 0 Å². The van der Waals surface area contributed by atoms with Crippen LogP contribution in [0.15, 0.2) is 36.4 Å². The number of hydrogen-bond acceptors (Lipinski definition) is 6. The van der Waals surface area contributed by atoms with Gasteiger partial charge in [-0.2, -0.15) is 0 Å². The Morgan fingerprint density at radius 3 is 2.75 bits per heavy atom. The van der Waals surface area contributed by atoms with Crippen LogP contribution in [0.5, 0.6) is 17.2 Å². The summed E-state index contributed by atoms with van der Waals surface area (Å²) in [6.45, 7) is 4.52. The quantitative estimate of drug-likeness (QED) is 0.826. The van der Waals surface area contributed by atoms with Gasteiger partial charge in [-0.3, -0.25) is 9.69 Å². The molecule has 6 heteroatoms. The lowest BCUT2D eigenvalue weighted by molar-refractivity contribution is -0.116. The van der Waals surface area contributed by atoms with Crippen molar-refractivity contribution in [2.24, 2.45) is 0 Å². The maximum atomic E-state index is 11.5. The molecule has 0 aromatic heterocycles. The van der Waals surface area contributed by atoms with E-state index in [0.717, 1.165) is 29.8 Å². The molecule has 2 aromatic rings. The summed E-state index contributed by atoms with van der Waals surface area (Å²) in [5.74, 6) is 0.907. The van der Waals surface area contributed by atoms with Gasteiger partial charge in [0.2, 0.25) is 0 Å². The van der Waals surface area contributed by atoms with Gasteiger partial charge in [-0.05, 0) is 37.1 Å². The van der Waals surface area contributed by atoms with Crippen molar-refractivity contribution in [3.05, 3.63) is 53.1 Å². The Kier molecular flexibility index (Phi) is 5.24. The molecule has 148 valence electrons. The second kappa shape index (κ2) is 7.81. The standard InChI is InChI=1S/C22H25NO5/c1-14(24)9-15-3-2-4-17(10-15)28-22-19-11-16(25)12-21(26)18(19)13-20(22)23-5-7-27-8-6-23/h2-4,10-12,20,22,25-26H,5-9,13H2,1H3. The molecule has 1 heterocycles. The van der Waals surface area contributed by atoms with Crippen LogP contribution in [0, 0.1) is 0 Å². The first-order chi connectivity index (χ1) is 13.5. The summed E-state index contributed by atoms with van der Waals surface area (Å²) in [6.07, 6.45) is 0.699. The van der Waals surface area contributed by atoms with Crippen molar-refractivity contribution in [2.75, 3.05) is 26.3 Å². The highest BCUT2D eigenvalue weighted by Gasteiger charge is 2.40. The summed E-state index contributed by atoms with van der Waals surface area (Å²) in [5, 5.41) is 20.4. The maximum absolute atomic E-state index is 11.5. The molecule has 2 N–H and O–H groups in total. The average molecular weight is 383 g/mol. The van der Waals surface area contributed by atoms with Crippen LogP contribution in [0.2, 0.25) is 0 Å². The molecule has 0 radical (unpaired) electrons. The Morgan fingerprint density at radius 1 is 1.21 bits per heavy atom. The molecule has 1 saturated heterocycles. The van der Waals surface area contributed by atoms with Gasteiger partial charge < -0.3 is 19.7 Å². The first-order valence-corrected chi connectivity index (χ1v) is 9.63. The highest BCUT2D eigenvalue weighted by molar-refractivity contribution is 5.78. The first kappa shape index (κ1) is 18.8. The lowest BCUT2D eigenvalue weighted by atomic mass is 10.1. The highest BCUT2D eigenvalue weighted by atomic mass is 16.5. The third kappa shape index (κ3) is 3.84. The largest absolute Gasteiger partial charge is 0.508 e. The van der Waals surface area contributed by atoms with E-state index in [-0.39, 0.29) is 29.4 Å². The van der Waals surface area contributed by atoms with E-state index in [2.05, 4.69) is 4.90 Å². The van der Waals surface area contributed by atoms with Crippen molar-refractivity contribution >= 4 is 5.78 Å². The SMILES string of the molecule is CC(=O)Cc1cccc(OC2c3cc(O)cc(O)c3CC2N2CCOCC2)c1. The Labute approximate surface area is 164 Å². The number of aromatic hydroxyl groups is 2. The van der Waals surface area contributed by atoms with Gasteiger partial charge in [-0.1, -0.05) is 12.1 Å². The minimum atomic E-state index is -0.321. The Balaban J connectivity index is 1.66. The second-order valence-corrected chi connectivity index (χ2v) is 7.52. The molecule has 2 aromatic carbocycles. The Morgan fingerprint density at radius 2 is 2.00 bits per heavy atom. The van der Waals surface area contributed by atoms with Crippen molar-refractivity contribution in [3.8, 4) is 17.2 Å². The zero-order valence-electron chi connectivity index (χ0n) is 15.9. The number of carbonyl (C=O) groups excluding carboxylic acids is 1. The first-order valence-electron chi connectivity index (χ1n) is 9.63. The van der Waals surface area contributed by atoms with Crippen LogP contribution < -0.4 is 4.74 Å². The number of rotatable bonds is 5. The van der Waals surface area contributed by atoms with Crippen molar-refractivity contribution in [1.29, 1.82) is 0 Å². The van der Waals surface area contributed by atoms with Crippen molar-refractivity contribution in [3.63, 3.8) is 0 Å². The number of Topliss-reactive ketones (excluding diaryl/α,β-unsaturated/α-hetero) is 1. The minimum absolute atomic E-state index is 0.0257. The van der Waals surface area contributed by atoms with E-state index in [9.17, 15) is 15.0 Å². The predicted molar refractivity (Wildman–Crippen MR) is 104 cm³/mol. The van der Waals surface area contributed by atoms with E-state index >= 15 is 0 Å². The molecule has 1 aliphatic carbocycles. The van der Waals surface area contributed by atoms with Crippen molar-refractivity contribution < 1.29 is 24.5 Å². The van der Waals surface area contributed by atoms with E-state index in [1.807, 2.05) is 24.3 Å². The number of ether oxygens (including phenoxy) is 2. The molecule has 2 atom stereocenters. The van der Waals surface area contributed by atoms with Gasteiger partial charge in [0.05, 0.1) is 19.3 Å². The highest BCUT2D eigenvalue weighted by Crippen LogP contribution is 2.43. The smallest absolute Gasteiger partial charge is 0.140 e. The number of ketones is 1. The van der Waals surface area contributed by atoms with Crippen molar-refractivity contribution in [2.45, 2.75) is 31.9 Å². The van der Waals surface area contributed by atoms with E-state index in [1.165, 1.54) is 6.07 Å². The fraction of sp³-hybridized carbons (Fsp3) is 0.409. The van der Waals surface area contributed by atoms with Gasteiger partial charge in [0.1, 0.15) is 29.1 Å². The molecule has 2 unspecified atom stereocenters. The molecule has 4 rings (SSSR count). The van der Waals surface area contributed by atoms with Gasteiger partial charge in [-0.15, -0.1) is 0 Å². The van der Waals surface area contributed by atoms with E-state index < -0.39 is 0 Å². The van der Waals surface area contributed by atoms with Crippen LogP contribution in [0.1, 0.15) is 29.7 Å². The predicted octanol–water partition coefficient (Wildman–Crippen LogP) is 2.61. The molecule has 0 spiro atoms. The topological polar surface area (TPSA) is 79.2 Å². The van der Waals surface area contributed by atoms with Crippen LogP contribution in [0.25, 0.3) is 0 Å². The zero-order valence-corrected chi connectivity index (χ0v) is 15.9. The van der Waals surface area contributed by atoms with Crippen LogP contribution in [-0.2, 0) is 22.4 Å². The summed E-state index contributed by atoms with van der Waals surface area (Å²) >= 11 is 0. The summed E-state index contributed by atoms with van der Waals surface area (Å²) in [7, 11) is 0. The van der Waals surface area contributed by atoms with Gasteiger partial charge in [0.15, 0.2) is 0 Å². The minimum Gasteiger partial charge on any atom is -0.508 e. The molecule has 2 aliphatic rings. The number of benzene rings is 2. The van der Waals surface area contributed by atoms with Crippen molar-refractivity contribution in [1.82, 2.24) is 4.90 Å². The van der Waals surface area contributed by atoms with Gasteiger partial charge >= 0.3 is 0 Å². The molecule has 6 nitrogen and oxygen atoms in total. The molecular formula is C22H25NO5. The van der Waals surface area contributed by atoms with Gasteiger partial charge in [-0.25, -0.2) is 0 Å². The lowest BCUT2D eigenvalue weighted by Gasteiger charge is -2.35. The number of fused-ring (bicyclic) bond motifs is 1. The van der Waals surface area contributed by atoms with Crippen LogP contribution in [-0.4, -0.2) is 53.2 Å². The Bertz CT molecular complexity index is 875. The van der Waals surface area contributed by atoms with E-state index in [0.29, 0.717) is 31.8 Å². The normalized spacial score (nSPS) is 22.0. The monoisotopic (exact) mass is 383 g/mol. The Hall–Kier alpha value is -2.57. The number of hydrogen-bond donors (Lipinski definition) is 2. The van der Waals surface area contributed by atoms with E-state index in [4.69, 9.17) is 9.47 Å². The number of morpholine rings is 1. The van der Waals surface area contributed by atoms with Gasteiger partial charge in [0, 0.05) is 36.7 Å². The lowest BCUT2D eigenvalue weighted by Crippen LogP contribution is -2.46. The number of phenolic OH excluding ortho intramolecular Hbond substituents is 2. The summed E-state index contributed by atoms with van der Waals surface area (Å²) in [6, 6.07) is 10.7. The number of phenols is 2. The third-order valence-electron chi connectivity index (χ3n) is 5.44. The maximum Gasteiger partial charge on any atom is 0.140 e. The van der Waals surface area contributed by atoms with Gasteiger partial charge in [0.25, 0.3) is 0 Å². The summed E-state index contributed by atoms with van der Waals surface area (Å²) in [5.41, 5.74) is 2.54. The number of carbonyl (C=O) groups is 1. The van der Waals surface area contributed by atoms with Crippen LogP contribution >= 0.6 is 0 Å². The number of nitrogens with zero attached hydrogens (tertiary/aromatic N) is 1. The average Bonchev–Trinajstić information content (AvgIpc) is 3.01. The molecule has 0 bridgehead atoms. The molecule has 0 amide bonds. The van der Waals surface area contributed by atoms with Crippen LogP contribution in [0.4, 0.5) is 0 Å². The molecule has 0 saturated carbocycles. The molecule has 1 fully saturated rings.